The van der Waals surface area contributed by atoms with E-state index in [-0.39, 0.29) is 5.41 Å². The minimum Gasteiger partial charge on any atom is -0.135 e. The fraction of sp³-hybridized carbons (Fsp3) is 0.0870. The van der Waals surface area contributed by atoms with Crippen LogP contribution >= 0.6 is 11.3 Å². The second kappa shape index (κ2) is 10.7. The van der Waals surface area contributed by atoms with Crippen LogP contribution in [-0.2, 0) is 5.41 Å². The first-order valence-corrected chi connectivity index (χ1v) is 17.2. The molecule has 8 aromatic carbocycles. The molecule has 9 rings (SSSR count). The van der Waals surface area contributed by atoms with Gasteiger partial charge in [0.25, 0.3) is 0 Å². The Labute approximate surface area is 281 Å². The first kappa shape index (κ1) is 26.9. The first-order chi connectivity index (χ1) is 23.3. The number of hydrogen-bond donors (Lipinski definition) is 0. The molecule has 0 N–H and O–H groups in total. The monoisotopic (exact) mass is 619 g/mol. The van der Waals surface area contributed by atoms with Crippen molar-refractivity contribution >= 4 is 63.8 Å². The number of fused-ring (bicyclic) bond motifs is 6. The summed E-state index contributed by atoms with van der Waals surface area (Å²) in [5.74, 6) is 0. The Morgan fingerprint density at radius 3 is 1.74 bits per heavy atom. The van der Waals surface area contributed by atoms with Crippen LogP contribution in [0.15, 0.2) is 152 Å². The maximum atomic E-state index is 8.07. The van der Waals surface area contributed by atoms with Crippen LogP contribution < -0.4 is 0 Å². The molecule has 0 saturated carbocycles. The Bertz CT molecular complexity index is 2670. The molecule has 0 atom stereocenters. The molecular formula is C46H34S. The minimum atomic E-state index is 0.0964. The summed E-state index contributed by atoms with van der Waals surface area (Å²) in [6.07, 6.45) is 0. The molecule has 0 aliphatic rings. The van der Waals surface area contributed by atoms with Crippen LogP contribution in [0.2, 0.25) is 0 Å². The van der Waals surface area contributed by atoms with Gasteiger partial charge < -0.3 is 0 Å². The summed E-state index contributed by atoms with van der Waals surface area (Å²) in [7, 11) is 0. The van der Waals surface area contributed by atoms with Gasteiger partial charge in [0.05, 0.1) is 1.37 Å². The van der Waals surface area contributed by atoms with E-state index in [4.69, 9.17) is 1.37 Å². The number of hydrogen-bond acceptors (Lipinski definition) is 1. The first-order valence-electron chi connectivity index (χ1n) is 16.8. The molecule has 0 amide bonds. The highest BCUT2D eigenvalue weighted by molar-refractivity contribution is 7.26. The SMILES string of the molecule is [2H]c1ccc2cc(-c3c4ccccc4c(-c4cccc(-c5ccc6sc7c(C(C)(C)C)cccc7c6c5)c4)c4ccccc34)ccc2c1. The average Bonchev–Trinajstić information content (AvgIpc) is 3.48. The lowest BCUT2D eigenvalue weighted by atomic mass is 9.85. The average molecular weight is 620 g/mol. The molecule has 0 unspecified atom stereocenters. The van der Waals surface area contributed by atoms with Crippen molar-refractivity contribution in [3.63, 3.8) is 0 Å². The molecule has 1 aromatic heterocycles. The number of benzene rings is 8. The molecule has 1 heteroatoms. The topological polar surface area (TPSA) is 0 Å². The van der Waals surface area contributed by atoms with Gasteiger partial charge in [-0.25, -0.2) is 0 Å². The van der Waals surface area contributed by atoms with Crippen molar-refractivity contribution in [2.75, 3.05) is 0 Å². The van der Waals surface area contributed by atoms with Gasteiger partial charge in [0.15, 0.2) is 0 Å². The number of rotatable bonds is 3. The Morgan fingerprint density at radius 1 is 0.447 bits per heavy atom. The highest BCUT2D eigenvalue weighted by Gasteiger charge is 2.20. The highest BCUT2D eigenvalue weighted by Crippen LogP contribution is 2.45. The zero-order chi connectivity index (χ0) is 32.6. The van der Waals surface area contributed by atoms with E-state index in [1.54, 1.807) is 0 Å². The molecule has 0 aliphatic heterocycles. The third-order valence-electron chi connectivity index (χ3n) is 9.69. The van der Waals surface area contributed by atoms with E-state index in [0.29, 0.717) is 6.04 Å². The van der Waals surface area contributed by atoms with E-state index in [0.717, 1.165) is 10.8 Å². The minimum absolute atomic E-state index is 0.0964. The summed E-state index contributed by atoms with van der Waals surface area (Å²) in [5, 5.41) is 9.91. The van der Waals surface area contributed by atoms with Gasteiger partial charge in [-0.3, -0.25) is 0 Å². The van der Waals surface area contributed by atoms with E-state index < -0.39 is 0 Å². The van der Waals surface area contributed by atoms with Crippen LogP contribution in [0, 0.1) is 0 Å². The summed E-state index contributed by atoms with van der Waals surface area (Å²) in [5.41, 5.74) is 8.91. The van der Waals surface area contributed by atoms with Gasteiger partial charge in [-0.1, -0.05) is 148 Å². The third-order valence-corrected chi connectivity index (χ3v) is 10.9. The van der Waals surface area contributed by atoms with E-state index in [1.165, 1.54) is 80.7 Å². The summed E-state index contributed by atoms with van der Waals surface area (Å²) < 4.78 is 10.8. The lowest BCUT2D eigenvalue weighted by Crippen LogP contribution is -2.10. The van der Waals surface area contributed by atoms with Gasteiger partial charge in [-0.15, -0.1) is 11.3 Å². The molecule has 9 aromatic rings. The van der Waals surface area contributed by atoms with E-state index in [2.05, 4.69) is 154 Å². The molecule has 0 bridgehead atoms. The maximum absolute atomic E-state index is 8.07. The van der Waals surface area contributed by atoms with Gasteiger partial charge in [0, 0.05) is 20.2 Å². The van der Waals surface area contributed by atoms with Crippen molar-refractivity contribution in [3.05, 3.63) is 157 Å². The highest BCUT2D eigenvalue weighted by atomic mass is 32.1. The molecule has 0 fully saturated rings. The smallest absolute Gasteiger partial charge is 0.0623 e. The summed E-state index contributed by atoms with van der Waals surface area (Å²) in [4.78, 5) is 0. The normalized spacial score (nSPS) is 12.4. The predicted molar refractivity (Wildman–Crippen MR) is 207 cm³/mol. The summed E-state index contributed by atoms with van der Waals surface area (Å²) in [6, 6.07) is 53.6. The molecule has 1 heterocycles. The van der Waals surface area contributed by atoms with Gasteiger partial charge in [-0.05, 0) is 101 Å². The Balaban J connectivity index is 1.24. The quantitative estimate of drug-likeness (QED) is 0.173. The van der Waals surface area contributed by atoms with E-state index in [9.17, 15) is 0 Å². The summed E-state index contributed by atoms with van der Waals surface area (Å²) >= 11 is 1.91. The van der Waals surface area contributed by atoms with Crippen LogP contribution in [0.25, 0.3) is 85.9 Å². The van der Waals surface area contributed by atoms with Crippen molar-refractivity contribution in [1.82, 2.24) is 0 Å². The molecule has 0 saturated heterocycles. The lowest BCUT2D eigenvalue weighted by molar-refractivity contribution is 0.597. The van der Waals surface area contributed by atoms with Crippen molar-refractivity contribution in [2.24, 2.45) is 0 Å². The standard InChI is InChI=1S/C46H34S/c1-46(2,3)41-21-11-20-39-40-28-32(24-25-42(40)47-45(39)41)31-14-10-15-33(27-31)43-35-16-6-8-18-37(35)44(38-19-9-7-17-36(38)43)34-23-22-29-12-4-5-13-30(29)26-34/h4-28H,1-3H3/i4D. The van der Waals surface area contributed by atoms with Crippen LogP contribution in [0.5, 0.6) is 0 Å². The van der Waals surface area contributed by atoms with Crippen LogP contribution in [-0.4, -0.2) is 0 Å². The Kier molecular flexibility index (Phi) is 6.11. The second-order valence-electron chi connectivity index (χ2n) is 13.7. The van der Waals surface area contributed by atoms with Gasteiger partial charge in [0.2, 0.25) is 0 Å². The zero-order valence-corrected chi connectivity index (χ0v) is 27.6. The molecular weight excluding hydrogens is 585 g/mol. The third kappa shape index (κ3) is 4.57. The fourth-order valence-electron chi connectivity index (χ4n) is 7.46. The second-order valence-corrected chi connectivity index (χ2v) is 14.7. The van der Waals surface area contributed by atoms with Crippen molar-refractivity contribution in [3.8, 4) is 33.4 Å². The molecule has 0 radical (unpaired) electrons. The van der Waals surface area contributed by atoms with E-state index in [1.807, 2.05) is 23.5 Å². The van der Waals surface area contributed by atoms with Crippen molar-refractivity contribution in [2.45, 2.75) is 26.2 Å². The fourth-order valence-corrected chi connectivity index (χ4v) is 8.86. The molecule has 0 aliphatic carbocycles. The Morgan fingerprint density at radius 2 is 1.04 bits per heavy atom. The van der Waals surface area contributed by atoms with Gasteiger partial charge in [0.1, 0.15) is 0 Å². The van der Waals surface area contributed by atoms with Gasteiger partial charge >= 0.3 is 0 Å². The predicted octanol–water partition coefficient (Wildman–Crippen LogP) is 13.8. The molecule has 0 nitrogen and oxygen atoms in total. The van der Waals surface area contributed by atoms with Crippen molar-refractivity contribution < 1.29 is 1.37 Å². The largest absolute Gasteiger partial charge is 0.135 e. The van der Waals surface area contributed by atoms with Gasteiger partial charge in [-0.2, -0.15) is 0 Å². The maximum Gasteiger partial charge on any atom is 0.0623 e. The summed E-state index contributed by atoms with van der Waals surface area (Å²) in [6.45, 7) is 6.91. The molecule has 0 spiro atoms. The Hall–Kier alpha value is -5.24. The molecule has 47 heavy (non-hydrogen) atoms. The number of thiophene rings is 1. The lowest BCUT2D eigenvalue weighted by Gasteiger charge is -2.19. The van der Waals surface area contributed by atoms with Crippen LogP contribution in [0.1, 0.15) is 27.7 Å². The van der Waals surface area contributed by atoms with E-state index >= 15 is 0 Å². The molecule has 224 valence electrons. The van der Waals surface area contributed by atoms with Crippen LogP contribution in [0.4, 0.5) is 0 Å². The van der Waals surface area contributed by atoms with Crippen molar-refractivity contribution in [1.29, 1.82) is 0 Å². The zero-order valence-electron chi connectivity index (χ0n) is 27.8. The van der Waals surface area contributed by atoms with Crippen LogP contribution in [0.3, 0.4) is 0 Å².